The SMILES string of the molecule is C=C(C)[C@@H]1CC[C@]2(C(=O)NC3CC[C@H](CN4CCC(Cc5ccccc5)CC4)C3)CC[C@]3(C)[C@H](CC[C@@H]4[C@@]5(C)CC[C@H](OC(=O)CC(C)(C)C(=O)O)C(C)(C)[C@@H]5CC[C@]43C)[C@@H]12. The summed E-state index contributed by atoms with van der Waals surface area (Å²) >= 11 is 0. The number of carbonyl (C=O) groups is 3. The summed E-state index contributed by atoms with van der Waals surface area (Å²) in [5.74, 6) is 2.72. The van der Waals surface area contributed by atoms with E-state index < -0.39 is 11.4 Å². The molecule has 1 aliphatic heterocycles. The van der Waals surface area contributed by atoms with Crippen LogP contribution in [0.3, 0.4) is 0 Å². The first kappa shape index (κ1) is 44.9. The maximum Gasteiger partial charge on any atom is 0.309 e. The smallest absolute Gasteiger partial charge is 0.309 e. The number of hydrogen-bond donors (Lipinski definition) is 2. The number of benzene rings is 1. The molecule has 1 saturated heterocycles. The number of amides is 1. The lowest BCUT2D eigenvalue weighted by Gasteiger charge is -2.72. The molecule has 0 radical (unpaired) electrons. The number of ether oxygens (including phenoxy) is 1. The lowest BCUT2D eigenvalue weighted by molar-refractivity contribution is -0.249. The van der Waals surface area contributed by atoms with Crippen molar-refractivity contribution in [3.05, 3.63) is 48.0 Å². The third-order valence-corrected chi connectivity index (χ3v) is 20.4. The van der Waals surface area contributed by atoms with Crippen LogP contribution in [0.4, 0.5) is 0 Å². The molecule has 8 rings (SSSR count). The van der Waals surface area contributed by atoms with Crippen molar-refractivity contribution in [2.24, 2.45) is 73.9 Å². The second kappa shape index (κ2) is 16.4. The molecule has 0 spiro atoms. The van der Waals surface area contributed by atoms with Gasteiger partial charge in [-0.25, -0.2) is 0 Å². The molecule has 1 heterocycles. The summed E-state index contributed by atoms with van der Waals surface area (Å²) in [6.45, 7) is 26.2. The van der Waals surface area contributed by atoms with Gasteiger partial charge in [-0.05, 0) is 200 Å². The van der Waals surface area contributed by atoms with Crippen LogP contribution < -0.4 is 5.32 Å². The summed E-state index contributed by atoms with van der Waals surface area (Å²) in [4.78, 5) is 42.8. The Kier molecular flexibility index (Phi) is 12.1. The normalized spacial score (nSPS) is 41.1. The van der Waals surface area contributed by atoms with Gasteiger partial charge in [0.25, 0.3) is 0 Å². The molecule has 6 saturated carbocycles. The average molecular weight is 839 g/mol. The summed E-state index contributed by atoms with van der Waals surface area (Å²) in [5, 5.41) is 13.5. The number of nitrogens with one attached hydrogen (secondary N) is 1. The first-order valence-corrected chi connectivity index (χ1v) is 24.9. The number of esters is 1. The highest BCUT2D eigenvalue weighted by atomic mass is 16.5. The quantitative estimate of drug-likeness (QED) is 0.170. The summed E-state index contributed by atoms with van der Waals surface area (Å²) in [6.07, 6.45) is 17.6. The van der Waals surface area contributed by atoms with Crippen molar-refractivity contribution in [1.29, 1.82) is 0 Å². The molecule has 0 aromatic heterocycles. The van der Waals surface area contributed by atoms with Gasteiger partial charge < -0.3 is 20.1 Å². The Morgan fingerprint density at radius 3 is 2.23 bits per heavy atom. The minimum atomic E-state index is -1.15. The molecule has 12 atom stereocenters. The molecule has 7 nitrogen and oxygen atoms in total. The van der Waals surface area contributed by atoms with Gasteiger partial charge in [-0.1, -0.05) is 77.1 Å². The van der Waals surface area contributed by atoms with Crippen molar-refractivity contribution in [2.45, 2.75) is 177 Å². The molecule has 61 heavy (non-hydrogen) atoms. The van der Waals surface area contributed by atoms with E-state index in [-0.39, 0.29) is 45.6 Å². The number of carbonyl (C=O) groups excluding carboxylic acids is 2. The third kappa shape index (κ3) is 7.77. The topological polar surface area (TPSA) is 95.9 Å². The van der Waals surface area contributed by atoms with E-state index in [9.17, 15) is 14.7 Å². The Balaban J connectivity index is 0.928. The molecule has 6 aliphatic carbocycles. The first-order chi connectivity index (χ1) is 28.7. The van der Waals surface area contributed by atoms with E-state index in [0.29, 0.717) is 47.5 Å². The van der Waals surface area contributed by atoms with E-state index in [1.807, 2.05) is 0 Å². The zero-order valence-electron chi connectivity index (χ0n) is 39.5. The second-order valence-corrected chi connectivity index (χ2v) is 24.3. The van der Waals surface area contributed by atoms with Gasteiger partial charge in [-0.2, -0.15) is 0 Å². The molecular weight excluding hydrogens is 757 g/mol. The number of fused-ring (bicyclic) bond motifs is 7. The Bertz CT molecular complexity index is 1820. The van der Waals surface area contributed by atoms with Gasteiger partial charge >= 0.3 is 11.9 Å². The molecule has 1 aromatic rings. The number of carboxylic acid groups (broad SMARTS) is 1. The number of nitrogens with zero attached hydrogens (tertiary/aromatic N) is 1. The summed E-state index contributed by atoms with van der Waals surface area (Å²) in [5.41, 5.74) is 1.53. The molecule has 2 N–H and O–H groups in total. The largest absolute Gasteiger partial charge is 0.481 e. The lowest BCUT2D eigenvalue weighted by Crippen LogP contribution is -2.67. The molecule has 7 fully saturated rings. The van der Waals surface area contributed by atoms with Crippen LogP contribution in [0.1, 0.15) is 164 Å². The first-order valence-electron chi connectivity index (χ1n) is 24.9. The Morgan fingerprint density at radius 1 is 0.820 bits per heavy atom. The van der Waals surface area contributed by atoms with E-state index in [2.05, 4.69) is 88.7 Å². The maximum absolute atomic E-state index is 15.1. The highest BCUT2D eigenvalue weighted by Gasteiger charge is 2.72. The minimum Gasteiger partial charge on any atom is -0.481 e. The number of carboxylic acids is 1. The fourth-order valence-corrected chi connectivity index (χ4v) is 16.7. The van der Waals surface area contributed by atoms with Crippen molar-refractivity contribution in [2.75, 3.05) is 19.6 Å². The Labute approximate surface area is 369 Å². The number of likely N-dealkylation sites (tertiary alicyclic amines) is 1. The van der Waals surface area contributed by atoms with E-state index >= 15 is 4.79 Å². The Hall–Kier alpha value is -2.67. The van der Waals surface area contributed by atoms with Gasteiger partial charge in [0.05, 0.1) is 17.3 Å². The molecule has 7 aliphatic rings. The fraction of sp³-hybridized carbons (Fsp3) is 0.796. The maximum atomic E-state index is 15.1. The van der Waals surface area contributed by atoms with Gasteiger partial charge in [-0.15, -0.1) is 0 Å². The van der Waals surface area contributed by atoms with Crippen molar-refractivity contribution >= 4 is 17.8 Å². The number of hydrogen-bond acceptors (Lipinski definition) is 5. The number of aliphatic carboxylic acids is 1. The van der Waals surface area contributed by atoms with E-state index in [1.165, 1.54) is 75.7 Å². The van der Waals surface area contributed by atoms with Crippen LogP contribution in [0.2, 0.25) is 0 Å². The highest BCUT2D eigenvalue weighted by molar-refractivity contribution is 5.84. The van der Waals surface area contributed by atoms with Crippen LogP contribution in [0.25, 0.3) is 0 Å². The predicted octanol–water partition coefficient (Wildman–Crippen LogP) is 11.3. The van der Waals surface area contributed by atoms with E-state index in [1.54, 1.807) is 13.8 Å². The Morgan fingerprint density at radius 2 is 1.54 bits per heavy atom. The zero-order chi connectivity index (χ0) is 43.8. The van der Waals surface area contributed by atoms with Gasteiger partial charge in [0.15, 0.2) is 0 Å². The van der Waals surface area contributed by atoms with Gasteiger partial charge in [-0.3, -0.25) is 14.4 Å². The minimum absolute atomic E-state index is 0.112. The fourth-order valence-electron chi connectivity index (χ4n) is 16.7. The lowest BCUT2D eigenvalue weighted by atomic mass is 9.32. The molecule has 338 valence electrons. The van der Waals surface area contributed by atoms with Crippen LogP contribution >= 0.6 is 0 Å². The molecule has 7 heteroatoms. The van der Waals surface area contributed by atoms with E-state index in [4.69, 9.17) is 4.74 Å². The number of rotatable bonds is 11. The van der Waals surface area contributed by atoms with Gasteiger partial charge in [0, 0.05) is 18.0 Å². The van der Waals surface area contributed by atoms with Crippen LogP contribution in [-0.2, 0) is 25.5 Å². The number of piperidine rings is 1. The van der Waals surface area contributed by atoms with Gasteiger partial charge in [0.2, 0.25) is 5.91 Å². The molecule has 1 unspecified atom stereocenters. The second-order valence-electron chi connectivity index (χ2n) is 24.3. The van der Waals surface area contributed by atoms with Crippen LogP contribution in [0.15, 0.2) is 42.5 Å². The standard InChI is InChI=1S/C54H82N2O5/c1-35(2)40-19-26-54(47(58)55-39-16-15-38(32-39)34-56-29-22-37(23-30-56)31-36-13-11-10-12-14-36)28-27-52(8)41(46(40)54)17-18-43-51(7)24-21-44(61-45(57)33-49(3,4)48(59)60)50(5,6)42(51)20-25-53(43,52)9/h10-14,37-44,46H,1,15-34H2,2-9H3,(H,55,58)(H,59,60)/t38-,39?,40-,41+,42-,43+,44-,46+,51-,52+,53+,54-/m0/s1. The zero-order valence-corrected chi connectivity index (χ0v) is 39.5. The van der Waals surface area contributed by atoms with E-state index in [0.717, 1.165) is 63.7 Å². The van der Waals surface area contributed by atoms with Crippen LogP contribution in [0, 0.1) is 73.9 Å². The summed E-state index contributed by atoms with van der Waals surface area (Å²) in [7, 11) is 0. The highest BCUT2D eigenvalue weighted by Crippen LogP contribution is 2.77. The van der Waals surface area contributed by atoms with Gasteiger partial charge in [0.1, 0.15) is 6.10 Å². The third-order valence-electron chi connectivity index (χ3n) is 20.4. The molecule has 1 amide bonds. The van der Waals surface area contributed by atoms with Crippen LogP contribution in [-0.4, -0.2) is 59.6 Å². The van der Waals surface area contributed by atoms with Crippen molar-refractivity contribution in [3.63, 3.8) is 0 Å². The molecule has 0 bridgehead atoms. The average Bonchev–Trinajstić information content (AvgIpc) is 3.82. The van der Waals surface area contributed by atoms with Crippen molar-refractivity contribution in [3.8, 4) is 0 Å². The van der Waals surface area contributed by atoms with Crippen LogP contribution in [0.5, 0.6) is 0 Å². The molecule has 1 aromatic carbocycles. The summed E-state index contributed by atoms with van der Waals surface area (Å²) in [6, 6.07) is 11.3. The van der Waals surface area contributed by atoms with Crippen molar-refractivity contribution in [1.82, 2.24) is 10.2 Å². The van der Waals surface area contributed by atoms with Crippen molar-refractivity contribution < 1.29 is 24.2 Å². The number of allylic oxidation sites excluding steroid dienone is 1. The summed E-state index contributed by atoms with van der Waals surface area (Å²) < 4.78 is 6.23. The monoisotopic (exact) mass is 839 g/mol. The molecular formula is C54H82N2O5. The predicted molar refractivity (Wildman–Crippen MR) is 243 cm³/mol.